The molecule has 0 spiro atoms. The summed E-state index contributed by atoms with van der Waals surface area (Å²) in [6.45, 7) is 7.93. The number of likely N-dealkylation sites (tertiary alicyclic amines) is 1. The number of ether oxygens (including phenoxy) is 1. The molecule has 2 N–H and O–H groups in total. The van der Waals surface area contributed by atoms with Gasteiger partial charge in [-0.25, -0.2) is 0 Å². The van der Waals surface area contributed by atoms with Crippen LogP contribution in [0.15, 0.2) is 24.3 Å². The Morgan fingerprint density at radius 3 is 2.60 bits per heavy atom. The highest BCUT2D eigenvalue weighted by Gasteiger charge is 2.26. The Bertz CT molecular complexity index is 417. The lowest BCUT2D eigenvalue weighted by atomic mass is 9.92. The number of nitrogens with one attached hydrogen (secondary N) is 1. The largest absolute Gasteiger partial charge is 0.489 e. The van der Waals surface area contributed by atoms with Crippen molar-refractivity contribution < 1.29 is 14.7 Å². The molecule has 0 amide bonds. The number of rotatable bonds is 5. The second kappa shape index (κ2) is 7.30. The zero-order valence-electron chi connectivity index (χ0n) is 12.3. The van der Waals surface area contributed by atoms with E-state index in [1.54, 1.807) is 6.07 Å². The Balaban J connectivity index is 1.78. The number of aliphatic hydroxyl groups is 1. The van der Waals surface area contributed by atoms with Crippen molar-refractivity contribution in [2.45, 2.75) is 26.4 Å². The van der Waals surface area contributed by atoms with Gasteiger partial charge in [-0.05, 0) is 18.6 Å². The molecule has 1 fully saturated rings. The first kappa shape index (κ1) is 15.6. The van der Waals surface area contributed by atoms with Crippen LogP contribution in [-0.2, 0) is 0 Å². The number of hydrogen-bond donors (Lipinski definition) is 2. The summed E-state index contributed by atoms with van der Waals surface area (Å²) in [6.07, 6.45) is 0.856. The van der Waals surface area contributed by atoms with E-state index >= 15 is 0 Å². The lowest BCUT2D eigenvalue weighted by Crippen LogP contribution is -3.15. The minimum Gasteiger partial charge on any atom is -0.489 e. The first-order valence-electron chi connectivity index (χ1n) is 7.43. The summed E-state index contributed by atoms with van der Waals surface area (Å²) < 4.78 is 5.60. The van der Waals surface area contributed by atoms with E-state index in [1.807, 2.05) is 18.2 Å². The van der Waals surface area contributed by atoms with E-state index < -0.39 is 6.10 Å². The molecule has 1 heterocycles. The highest BCUT2D eigenvalue weighted by molar-refractivity contribution is 6.32. The van der Waals surface area contributed by atoms with Crippen LogP contribution in [-0.4, -0.2) is 37.5 Å². The predicted octanol–water partition coefficient (Wildman–Crippen LogP) is 1.64. The van der Waals surface area contributed by atoms with Crippen molar-refractivity contribution in [1.29, 1.82) is 0 Å². The molecule has 3 nitrogen and oxygen atoms in total. The second-order valence-electron chi connectivity index (χ2n) is 6.20. The monoisotopic (exact) mass is 298 g/mol. The summed E-state index contributed by atoms with van der Waals surface area (Å²) in [5.74, 6) is 2.12. The fourth-order valence-corrected chi connectivity index (χ4v) is 3.42. The topological polar surface area (TPSA) is 33.9 Å². The Morgan fingerprint density at radius 2 is 1.95 bits per heavy atom. The van der Waals surface area contributed by atoms with Crippen LogP contribution in [0, 0.1) is 11.8 Å². The number of para-hydroxylation sites is 1. The minimum atomic E-state index is -0.446. The van der Waals surface area contributed by atoms with Gasteiger partial charge in [0.25, 0.3) is 0 Å². The molecule has 2 rings (SSSR count). The molecule has 112 valence electrons. The van der Waals surface area contributed by atoms with Gasteiger partial charge in [0, 0.05) is 11.8 Å². The predicted molar refractivity (Wildman–Crippen MR) is 81.5 cm³/mol. The van der Waals surface area contributed by atoms with Crippen molar-refractivity contribution in [3.05, 3.63) is 29.3 Å². The van der Waals surface area contributed by atoms with E-state index in [0.717, 1.165) is 31.5 Å². The summed E-state index contributed by atoms with van der Waals surface area (Å²) in [7, 11) is 0. The van der Waals surface area contributed by atoms with Gasteiger partial charge in [0.05, 0.1) is 18.1 Å². The summed E-state index contributed by atoms with van der Waals surface area (Å²) in [6, 6.07) is 7.37. The molecule has 0 aromatic heterocycles. The van der Waals surface area contributed by atoms with E-state index in [0.29, 0.717) is 17.4 Å². The molecule has 4 heteroatoms. The van der Waals surface area contributed by atoms with Gasteiger partial charge in [0.2, 0.25) is 0 Å². The van der Waals surface area contributed by atoms with Crippen molar-refractivity contribution in [2.24, 2.45) is 11.8 Å². The van der Waals surface area contributed by atoms with E-state index in [2.05, 4.69) is 13.8 Å². The van der Waals surface area contributed by atoms with Gasteiger partial charge in [-0.3, -0.25) is 0 Å². The highest BCUT2D eigenvalue weighted by Crippen LogP contribution is 2.23. The molecule has 3 atom stereocenters. The maximum absolute atomic E-state index is 10.1. The maximum Gasteiger partial charge on any atom is 0.138 e. The maximum atomic E-state index is 10.1. The quantitative estimate of drug-likeness (QED) is 0.866. The van der Waals surface area contributed by atoms with Crippen LogP contribution in [0.2, 0.25) is 5.02 Å². The van der Waals surface area contributed by atoms with Crippen LogP contribution < -0.4 is 9.64 Å². The lowest BCUT2D eigenvalue weighted by molar-refractivity contribution is -0.915. The number of aliphatic hydroxyl groups excluding tert-OH is 1. The van der Waals surface area contributed by atoms with Gasteiger partial charge >= 0.3 is 0 Å². The summed E-state index contributed by atoms with van der Waals surface area (Å²) in [5.41, 5.74) is 0. The molecule has 1 saturated heterocycles. The van der Waals surface area contributed by atoms with Gasteiger partial charge in [-0.1, -0.05) is 37.6 Å². The molecule has 0 unspecified atom stereocenters. The fourth-order valence-electron chi connectivity index (χ4n) is 3.23. The molecular weight excluding hydrogens is 274 g/mol. The first-order valence-corrected chi connectivity index (χ1v) is 7.81. The zero-order valence-corrected chi connectivity index (χ0v) is 13.1. The summed E-state index contributed by atoms with van der Waals surface area (Å²) in [4.78, 5) is 1.48. The summed E-state index contributed by atoms with van der Waals surface area (Å²) >= 11 is 6.03. The van der Waals surface area contributed by atoms with Crippen molar-refractivity contribution in [3.63, 3.8) is 0 Å². The minimum absolute atomic E-state index is 0.302. The number of piperidine rings is 1. The van der Waals surface area contributed by atoms with Crippen LogP contribution in [0.3, 0.4) is 0 Å². The average Bonchev–Trinajstić information content (AvgIpc) is 2.36. The number of quaternary nitrogens is 1. The van der Waals surface area contributed by atoms with E-state index in [4.69, 9.17) is 16.3 Å². The number of hydrogen-bond acceptors (Lipinski definition) is 2. The van der Waals surface area contributed by atoms with Crippen LogP contribution in [0.1, 0.15) is 20.3 Å². The van der Waals surface area contributed by atoms with Gasteiger partial charge < -0.3 is 14.7 Å². The van der Waals surface area contributed by atoms with Crippen LogP contribution >= 0.6 is 11.6 Å². The molecule has 0 aliphatic carbocycles. The van der Waals surface area contributed by atoms with E-state index in [-0.39, 0.29) is 0 Å². The van der Waals surface area contributed by atoms with Crippen LogP contribution in [0.5, 0.6) is 5.75 Å². The zero-order chi connectivity index (χ0) is 14.5. The van der Waals surface area contributed by atoms with Crippen molar-refractivity contribution in [1.82, 2.24) is 0 Å². The smallest absolute Gasteiger partial charge is 0.138 e. The third-order valence-corrected chi connectivity index (χ3v) is 4.18. The molecular formula is C16H25ClNO2+. The molecule has 1 aliphatic rings. The van der Waals surface area contributed by atoms with Crippen LogP contribution in [0.4, 0.5) is 0 Å². The van der Waals surface area contributed by atoms with Gasteiger partial charge in [0.15, 0.2) is 0 Å². The van der Waals surface area contributed by atoms with Gasteiger partial charge in [-0.15, -0.1) is 0 Å². The number of benzene rings is 1. The molecule has 0 saturated carbocycles. The Hall–Kier alpha value is -0.770. The SMILES string of the molecule is C[C@@H]1C[C@@H](C)C[NH+](C[C@H](O)COc2ccccc2Cl)C1. The van der Waals surface area contributed by atoms with Crippen molar-refractivity contribution in [3.8, 4) is 5.75 Å². The molecule has 20 heavy (non-hydrogen) atoms. The average molecular weight is 299 g/mol. The highest BCUT2D eigenvalue weighted by atomic mass is 35.5. The fraction of sp³-hybridized carbons (Fsp3) is 0.625. The van der Waals surface area contributed by atoms with Crippen molar-refractivity contribution in [2.75, 3.05) is 26.2 Å². The summed E-state index contributed by atoms with van der Waals surface area (Å²) in [5, 5.41) is 10.7. The van der Waals surface area contributed by atoms with Crippen molar-refractivity contribution >= 4 is 11.6 Å². The second-order valence-corrected chi connectivity index (χ2v) is 6.61. The normalized spacial score (nSPS) is 28.1. The molecule has 1 aromatic rings. The van der Waals surface area contributed by atoms with E-state index in [1.165, 1.54) is 11.3 Å². The molecule has 0 radical (unpaired) electrons. The molecule has 1 aromatic carbocycles. The van der Waals surface area contributed by atoms with E-state index in [9.17, 15) is 5.11 Å². The van der Waals surface area contributed by atoms with Gasteiger partial charge in [0.1, 0.15) is 25.0 Å². The molecule has 1 aliphatic heterocycles. The Kier molecular flexibility index (Phi) is 5.70. The Morgan fingerprint density at radius 1 is 1.30 bits per heavy atom. The van der Waals surface area contributed by atoms with Crippen LogP contribution in [0.25, 0.3) is 0 Å². The molecule has 0 bridgehead atoms. The lowest BCUT2D eigenvalue weighted by Gasteiger charge is -2.33. The standard InChI is InChI=1S/C16H24ClNO2/c1-12-7-13(2)9-18(8-12)10-14(19)11-20-16-6-4-3-5-15(16)17/h3-6,12-14,19H,7-11H2,1-2H3/p+1/t12-,13-,14+/m1/s1. The third-order valence-electron chi connectivity index (χ3n) is 3.87. The third kappa shape index (κ3) is 4.65. The van der Waals surface area contributed by atoms with Gasteiger partial charge in [-0.2, -0.15) is 0 Å². The number of halogens is 1. The first-order chi connectivity index (χ1) is 9.54. The Labute approximate surface area is 126 Å².